The van der Waals surface area contributed by atoms with E-state index >= 15 is 0 Å². The van der Waals surface area contributed by atoms with Crippen molar-refractivity contribution in [2.24, 2.45) is 12.0 Å². The number of benzene rings is 1. The van der Waals surface area contributed by atoms with Crippen LogP contribution in [0.4, 0.5) is 5.69 Å². The second kappa shape index (κ2) is 6.05. The third-order valence-electron chi connectivity index (χ3n) is 2.96. The summed E-state index contributed by atoms with van der Waals surface area (Å²) in [6, 6.07) is 6.07. The lowest BCUT2D eigenvalue weighted by Crippen LogP contribution is -2.12. The minimum Gasteiger partial charge on any atom is -0.545 e. The van der Waals surface area contributed by atoms with Crippen LogP contribution in [-0.2, 0) is 7.05 Å². The monoisotopic (exact) mass is 287 g/mol. The topological polar surface area (TPSA) is 39.4 Å². The Kier molecular flexibility index (Phi) is 4.39. The Morgan fingerprint density at radius 2 is 2.10 bits per heavy atom. The van der Waals surface area contributed by atoms with E-state index in [1.165, 1.54) is 0 Å². The van der Waals surface area contributed by atoms with Crippen LogP contribution in [0.2, 0.25) is 13.1 Å². The Bertz CT molecular complexity index is 632. The molecule has 1 heterocycles. The van der Waals surface area contributed by atoms with Crippen molar-refractivity contribution in [1.82, 2.24) is 9.78 Å². The minimum absolute atomic E-state index is 0.896. The van der Waals surface area contributed by atoms with Gasteiger partial charge < -0.3 is 4.43 Å². The van der Waals surface area contributed by atoms with E-state index in [0.29, 0.717) is 0 Å². The summed E-state index contributed by atoms with van der Waals surface area (Å²) >= 11 is 0. The van der Waals surface area contributed by atoms with Gasteiger partial charge in [0, 0.05) is 24.5 Å². The van der Waals surface area contributed by atoms with Crippen LogP contribution in [0.1, 0.15) is 18.1 Å². The molecule has 20 heavy (non-hydrogen) atoms. The van der Waals surface area contributed by atoms with Crippen LogP contribution in [0.25, 0.3) is 0 Å². The quantitative estimate of drug-likeness (QED) is 0.640. The van der Waals surface area contributed by atoms with Crippen molar-refractivity contribution in [3.63, 3.8) is 0 Å². The first-order chi connectivity index (χ1) is 9.47. The molecular weight excluding hydrogens is 266 g/mol. The van der Waals surface area contributed by atoms with Gasteiger partial charge in [-0.15, -0.1) is 0 Å². The van der Waals surface area contributed by atoms with Gasteiger partial charge in [-0.25, -0.2) is 4.99 Å². The summed E-state index contributed by atoms with van der Waals surface area (Å²) in [5.74, 6) is 0.914. The Labute approximate surface area is 121 Å². The molecule has 0 amide bonds. The van der Waals surface area contributed by atoms with Crippen LogP contribution >= 0.6 is 0 Å². The van der Waals surface area contributed by atoms with Crippen molar-refractivity contribution >= 4 is 20.4 Å². The van der Waals surface area contributed by atoms with Gasteiger partial charge in [0.25, 0.3) is 0 Å². The molecule has 2 aromatic rings. The van der Waals surface area contributed by atoms with E-state index < -0.39 is 9.04 Å². The Hall–Kier alpha value is -1.88. The van der Waals surface area contributed by atoms with E-state index in [1.807, 2.05) is 38.5 Å². The van der Waals surface area contributed by atoms with E-state index in [4.69, 9.17) is 9.42 Å². The third kappa shape index (κ3) is 3.36. The van der Waals surface area contributed by atoms with Gasteiger partial charge in [-0.1, -0.05) is 12.1 Å². The SMILES string of the molecule is CC(=Nc1cccc(C)c1O[SiH](C)C)c1cnn(C)c1. The van der Waals surface area contributed by atoms with Crippen molar-refractivity contribution < 1.29 is 4.43 Å². The summed E-state index contributed by atoms with van der Waals surface area (Å²) < 4.78 is 7.81. The number of aryl methyl sites for hydroxylation is 2. The fourth-order valence-electron chi connectivity index (χ4n) is 1.97. The van der Waals surface area contributed by atoms with E-state index in [1.54, 1.807) is 4.68 Å². The average molecular weight is 287 g/mol. The predicted octanol–water partition coefficient (Wildman–Crippen LogP) is 3.23. The largest absolute Gasteiger partial charge is 0.545 e. The first-order valence-electron chi connectivity index (χ1n) is 6.78. The molecule has 0 fully saturated rings. The summed E-state index contributed by atoms with van der Waals surface area (Å²) in [5, 5.41) is 4.18. The van der Waals surface area contributed by atoms with E-state index in [-0.39, 0.29) is 0 Å². The molecule has 2 rings (SSSR count). The first kappa shape index (κ1) is 14.5. The number of rotatable bonds is 4. The average Bonchev–Trinajstić information content (AvgIpc) is 2.80. The van der Waals surface area contributed by atoms with Crippen molar-refractivity contribution in [2.75, 3.05) is 0 Å². The molecule has 0 aliphatic carbocycles. The number of aliphatic imine (C=N–C) groups is 1. The lowest BCUT2D eigenvalue weighted by atomic mass is 10.2. The van der Waals surface area contributed by atoms with Gasteiger partial charge in [-0.2, -0.15) is 5.10 Å². The van der Waals surface area contributed by atoms with Gasteiger partial charge in [-0.3, -0.25) is 4.68 Å². The zero-order valence-corrected chi connectivity index (χ0v) is 13.9. The lowest BCUT2D eigenvalue weighted by Gasteiger charge is -2.14. The van der Waals surface area contributed by atoms with Crippen LogP contribution in [-0.4, -0.2) is 24.5 Å². The predicted molar refractivity (Wildman–Crippen MR) is 85.8 cm³/mol. The Balaban J connectivity index is 2.40. The molecule has 4 nitrogen and oxygen atoms in total. The van der Waals surface area contributed by atoms with Gasteiger partial charge in [0.1, 0.15) is 11.4 Å². The highest BCUT2D eigenvalue weighted by Gasteiger charge is 2.09. The number of hydrogen-bond donors (Lipinski definition) is 0. The lowest BCUT2D eigenvalue weighted by molar-refractivity contribution is 0.577. The summed E-state index contributed by atoms with van der Waals surface area (Å²) in [4.78, 5) is 4.72. The van der Waals surface area contributed by atoms with Crippen LogP contribution in [0.3, 0.4) is 0 Å². The normalized spacial score (nSPS) is 12.0. The fraction of sp³-hybridized carbons (Fsp3) is 0.333. The maximum Gasteiger partial charge on any atom is 0.229 e. The molecule has 0 atom stereocenters. The molecule has 0 aliphatic rings. The Morgan fingerprint density at radius 3 is 2.70 bits per heavy atom. The van der Waals surface area contributed by atoms with Gasteiger partial charge in [0.15, 0.2) is 0 Å². The van der Waals surface area contributed by atoms with Crippen molar-refractivity contribution in [1.29, 1.82) is 0 Å². The van der Waals surface area contributed by atoms with E-state index in [0.717, 1.165) is 28.3 Å². The van der Waals surface area contributed by atoms with E-state index in [9.17, 15) is 0 Å². The minimum atomic E-state index is -1.15. The maximum atomic E-state index is 6.03. The van der Waals surface area contributed by atoms with Crippen LogP contribution < -0.4 is 4.43 Å². The summed E-state index contributed by atoms with van der Waals surface area (Å²) in [5.41, 5.74) is 4.00. The fourth-order valence-corrected chi connectivity index (χ4v) is 2.75. The number of nitrogens with zero attached hydrogens (tertiary/aromatic N) is 3. The zero-order valence-electron chi connectivity index (χ0n) is 12.7. The summed E-state index contributed by atoms with van der Waals surface area (Å²) in [6.45, 7) is 8.38. The highest BCUT2D eigenvalue weighted by atomic mass is 28.3. The number of para-hydroxylation sites is 1. The number of hydrogen-bond acceptors (Lipinski definition) is 3. The van der Waals surface area contributed by atoms with Crippen molar-refractivity contribution in [3.8, 4) is 5.75 Å². The molecule has 1 aromatic heterocycles. The van der Waals surface area contributed by atoms with Crippen LogP contribution in [0.5, 0.6) is 5.75 Å². The molecule has 0 bridgehead atoms. The van der Waals surface area contributed by atoms with Crippen molar-refractivity contribution in [3.05, 3.63) is 41.7 Å². The molecule has 0 N–H and O–H groups in total. The Morgan fingerprint density at radius 1 is 1.35 bits per heavy atom. The van der Waals surface area contributed by atoms with Crippen molar-refractivity contribution in [2.45, 2.75) is 26.9 Å². The highest BCUT2D eigenvalue weighted by molar-refractivity contribution is 6.49. The third-order valence-corrected chi connectivity index (χ3v) is 3.66. The maximum absolute atomic E-state index is 6.03. The first-order valence-corrected chi connectivity index (χ1v) is 9.56. The molecule has 5 heteroatoms. The summed E-state index contributed by atoms with van der Waals surface area (Å²) in [6.07, 6.45) is 3.79. The molecule has 0 saturated heterocycles. The zero-order chi connectivity index (χ0) is 14.7. The molecule has 0 saturated carbocycles. The molecule has 1 aromatic carbocycles. The molecule has 0 unspecified atom stereocenters. The second-order valence-electron chi connectivity index (χ2n) is 5.19. The van der Waals surface area contributed by atoms with Gasteiger partial charge >= 0.3 is 0 Å². The second-order valence-corrected chi connectivity index (χ2v) is 7.52. The molecular formula is C15H21N3OSi. The van der Waals surface area contributed by atoms with Gasteiger partial charge in [-0.05, 0) is 38.6 Å². The van der Waals surface area contributed by atoms with Crippen LogP contribution in [0.15, 0.2) is 35.6 Å². The molecule has 0 radical (unpaired) electrons. The molecule has 106 valence electrons. The smallest absolute Gasteiger partial charge is 0.229 e. The van der Waals surface area contributed by atoms with Crippen LogP contribution in [0, 0.1) is 6.92 Å². The molecule has 0 spiro atoms. The molecule has 0 aliphatic heterocycles. The number of aromatic nitrogens is 2. The van der Waals surface area contributed by atoms with Gasteiger partial charge in [0.05, 0.1) is 6.20 Å². The van der Waals surface area contributed by atoms with Gasteiger partial charge in [0.2, 0.25) is 9.04 Å². The summed E-state index contributed by atoms with van der Waals surface area (Å²) in [7, 11) is 0.751. The van der Waals surface area contributed by atoms with E-state index in [2.05, 4.69) is 31.2 Å². The standard InChI is InChI=1S/C15H21N3OSi/c1-11-7-6-8-14(15(11)19-20(4)5)17-12(2)13-9-16-18(3)10-13/h6-10,20H,1-5H3. The highest BCUT2D eigenvalue weighted by Crippen LogP contribution is 2.32.